The zero-order valence-electron chi connectivity index (χ0n) is 15.0. The quantitative estimate of drug-likeness (QED) is 0.531. The predicted molar refractivity (Wildman–Crippen MR) is 102 cm³/mol. The van der Waals surface area contributed by atoms with Gasteiger partial charge in [0, 0.05) is 23.1 Å². The molecule has 0 saturated carbocycles. The summed E-state index contributed by atoms with van der Waals surface area (Å²) in [6.07, 6.45) is 5.90. The molecule has 8 heteroatoms. The second-order valence-corrected chi connectivity index (χ2v) is 7.10. The summed E-state index contributed by atoms with van der Waals surface area (Å²) in [4.78, 5) is 19.1. The lowest BCUT2D eigenvalue weighted by Crippen LogP contribution is -2.05. The van der Waals surface area contributed by atoms with Crippen LogP contribution in [-0.4, -0.2) is 29.5 Å². The Labute approximate surface area is 160 Å². The predicted octanol–water partition coefficient (Wildman–Crippen LogP) is 3.37. The average Bonchev–Trinajstić information content (AvgIpc) is 3.29. The highest BCUT2D eigenvalue weighted by Crippen LogP contribution is 2.29. The zero-order chi connectivity index (χ0) is 18.8. The summed E-state index contributed by atoms with van der Waals surface area (Å²) in [5.41, 5.74) is 6.63. The normalized spacial score (nSPS) is 11.0. The van der Waals surface area contributed by atoms with E-state index in [1.807, 2.05) is 6.92 Å². The van der Waals surface area contributed by atoms with E-state index in [4.69, 9.17) is 0 Å². The largest absolute Gasteiger partial charge is 0.253 e. The fourth-order valence-electron chi connectivity index (χ4n) is 3.13. The molecule has 4 aromatic rings. The molecular formula is C19H17N7S. The number of hydrogen-bond acceptors (Lipinski definition) is 7. The van der Waals surface area contributed by atoms with E-state index in [2.05, 4.69) is 38.0 Å². The molecule has 4 aromatic heterocycles. The van der Waals surface area contributed by atoms with Crippen LogP contribution in [0, 0.1) is 18.3 Å². The monoisotopic (exact) mass is 375 g/mol. The topological polar surface area (TPSA) is 92.7 Å². The number of aromatic nitrogens is 6. The van der Waals surface area contributed by atoms with Crippen molar-refractivity contribution in [1.29, 1.82) is 5.26 Å². The summed E-state index contributed by atoms with van der Waals surface area (Å²) in [5, 5.41) is 13.8. The number of aryl methyl sites for hydroxylation is 2. The molecule has 134 valence electrons. The van der Waals surface area contributed by atoms with Crippen LogP contribution in [0.4, 0.5) is 0 Å². The van der Waals surface area contributed by atoms with Gasteiger partial charge in [-0.3, -0.25) is 4.98 Å². The first-order chi connectivity index (χ1) is 13.2. The molecule has 0 N–H and O–H groups in total. The van der Waals surface area contributed by atoms with Crippen molar-refractivity contribution in [3.63, 3.8) is 0 Å². The Kier molecular flexibility index (Phi) is 4.60. The summed E-state index contributed by atoms with van der Waals surface area (Å²) in [7, 11) is 0. The van der Waals surface area contributed by atoms with Crippen molar-refractivity contribution in [2.24, 2.45) is 0 Å². The number of nitrogens with zero attached hydrogens (tertiary/aromatic N) is 7. The van der Waals surface area contributed by atoms with Crippen LogP contribution in [0.1, 0.15) is 40.9 Å². The summed E-state index contributed by atoms with van der Waals surface area (Å²) in [6, 6.07) is 5.72. The molecule has 0 spiro atoms. The van der Waals surface area contributed by atoms with E-state index in [1.165, 1.54) is 0 Å². The van der Waals surface area contributed by atoms with Crippen LogP contribution in [0.5, 0.6) is 0 Å². The molecular weight excluding hydrogens is 358 g/mol. The standard InChI is InChI=1S/C19H17N7S/c1-3-5-14-15(22-10-26-19(14)24-12(2)25-26)8-16-18(23-11-27-16)17-13(9-20)6-4-7-21-17/h4,6-7,10-11H,3,5,8H2,1-2H3. The molecule has 0 bridgehead atoms. The summed E-state index contributed by atoms with van der Waals surface area (Å²) >= 11 is 1.55. The van der Waals surface area contributed by atoms with E-state index in [9.17, 15) is 5.26 Å². The van der Waals surface area contributed by atoms with Crippen LogP contribution < -0.4 is 0 Å². The van der Waals surface area contributed by atoms with Gasteiger partial charge in [-0.2, -0.15) is 10.4 Å². The lowest BCUT2D eigenvalue weighted by molar-refractivity contribution is 0.834. The van der Waals surface area contributed by atoms with Gasteiger partial charge in [0.15, 0.2) is 5.65 Å². The van der Waals surface area contributed by atoms with Crippen LogP contribution in [-0.2, 0) is 12.8 Å². The first-order valence-electron chi connectivity index (χ1n) is 8.68. The van der Waals surface area contributed by atoms with Crippen molar-refractivity contribution < 1.29 is 0 Å². The Hall–Kier alpha value is -3.18. The molecule has 0 atom stereocenters. The lowest BCUT2D eigenvalue weighted by atomic mass is 10.0. The Balaban J connectivity index is 1.79. The zero-order valence-corrected chi connectivity index (χ0v) is 15.9. The molecule has 0 aliphatic heterocycles. The number of nitriles is 1. The van der Waals surface area contributed by atoms with Crippen LogP contribution in [0.2, 0.25) is 0 Å². The van der Waals surface area contributed by atoms with Gasteiger partial charge in [-0.25, -0.2) is 19.5 Å². The third kappa shape index (κ3) is 3.17. The van der Waals surface area contributed by atoms with Gasteiger partial charge in [0.25, 0.3) is 0 Å². The number of fused-ring (bicyclic) bond motifs is 1. The van der Waals surface area contributed by atoms with Gasteiger partial charge in [0.2, 0.25) is 0 Å². The van der Waals surface area contributed by atoms with Gasteiger partial charge < -0.3 is 0 Å². The maximum atomic E-state index is 9.39. The van der Waals surface area contributed by atoms with Crippen molar-refractivity contribution in [3.05, 3.63) is 57.7 Å². The van der Waals surface area contributed by atoms with Crippen molar-refractivity contribution in [3.8, 4) is 17.5 Å². The molecule has 0 aromatic carbocycles. The number of pyridine rings is 1. The van der Waals surface area contributed by atoms with Crippen molar-refractivity contribution in [1.82, 2.24) is 29.5 Å². The maximum absolute atomic E-state index is 9.39. The Bertz CT molecular complexity index is 1150. The molecule has 4 rings (SSSR count). The van der Waals surface area contributed by atoms with E-state index < -0.39 is 0 Å². The minimum absolute atomic E-state index is 0.523. The first-order valence-corrected chi connectivity index (χ1v) is 9.56. The highest BCUT2D eigenvalue weighted by atomic mass is 32.1. The number of thiazole rings is 1. The van der Waals surface area contributed by atoms with E-state index in [0.29, 0.717) is 17.7 Å². The van der Waals surface area contributed by atoms with Crippen molar-refractivity contribution in [2.75, 3.05) is 0 Å². The third-order valence-electron chi connectivity index (χ3n) is 4.30. The molecule has 0 radical (unpaired) electrons. The van der Waals surface area contributed by atoms with E-state index >= 15 is 0 Å². The second kappa shape index (κ2) is 7.21. The van der Waals surface area contributed by atoms with E-state index in [1.54, 1.807) is 46.0 Å². The Morgan fingerprint density at radius 1 is 1.22 bits per heavy atom. The van der Waals surface area contributed by atoms with Gasteiger partial charge in [-0.05, 0) is 25.5 Å². The van der Waals surface area contributed by atoms with Crippen LogP contribution >= 0.6 is 11.3 Å². The highest BCUT2D eigenvalue weighted by Gasteiger charge is 2.18. The summed E-state index contributed by atoms with van der Waals surface area (Å²) in [5.74, 6) is 0.733. The lowest BCUT2D eigenvalue weighted by Gasteiger charge is -2.09. The van der Waals surface area contributed by atoms with Crippen LogP contribution in [0.25, 0.3) is 17.0 Å². The Morgan fingerprint density at radius 2 is 2.11 bits per heavy atom. The summed E-state index contributed by atoms with van der Waals surface area (Å²) < 4.78 is 1.74. The van der Waals surface area contributed by atoms with Gasteiger partial charge in [-0.1, -0.05) is 13.3 Å². The van der Waals surface area contributed by atoms with Gasteiger partial charge in [0.05, 0.1) is 16.8 Å². The minimum atomic E-state index is 0.523. The molecule has 0 aliphatic rings. The smallest absolute Gasteiger partial charge is 0.162 e. The SMILES string of the molecule is CCCc1c(Cc2scnc2-c2ncccc2C#N)ncn2nc(C)nc12. The molecule has 4 heterocycles. The third-order valence-corrected chi connectivity index (χ3v) is 5.13. The van der Waals surface area contributed by atoms with E-state index in [-0.39, 0.29) is 0 Å². The molecule has 0 amide bonds. The highest BCUT2D eigenvalue weighted by molar-refractivity contribution is 7.10. The van der Waals surface area contributed by atoms with Crippen molar-refractivity contribution >= 4 is 17.0 Å². The van der Waals surface area contributed by atoms with E-state index in [0.717, 1.165) is 46.1 Å². The summed E-state index contributed by atoms with van der Waals surface area (Å²) in [6.45, 7) is 4.02. The minimum Gasteiger partial charge on any atom is -0.253 e. The van der Waals surface area contributed by atoms with Gasteiger partial charge in [-0.15, -0.1) is 11.3 Å². The van der Waals surface area contributed by atoms with Gasteiger partial charge in [0.1, 0.15) is 29.6 Å². The van der Waals surface area contributed by atoms with Crippen molar-refractivity contribution in [2.45, 2.75) is 33.1 Å². The molecule has 0 aliphatic carbocycles. The fraction of sp³-hybridized carbons (Fsp3) is 0.263. The fourth-order valence-corrected chi connectivity index (χ4v) is 3.90. The number of hydrogen-bond donors (Lipinski definition) is 0. The maximum Gasteiger partial charge on any atom is 0.162 e. The molecule has 27 heavy (non-hydrogen) atoms. The second-order valence-electron chi connectivity index (χ2n) is 6.16. The molecule has 0 fully saturated rings. The van der Waals surface area contributed by atoms with Crippen LogP contribution in [0.3, 0.4) is 0 Å². The average molecular weight is 375 g/mol. The molecule has 7 nitrogen and oxygen atoms in total. The molecule has 0 unspecified atom stereocenters. The Morgan fingerprint density at radius 3 is 2.93 bits per heavy atom. The number of rotatable bonds is 5. The molecule has 0 saturated heterocycles. The van der Waals surface area contributed by atoms with Gasteiger partial charge >= 0.3 is 0 Å². The van der Waals surface area contributed by atoms with Crippen LogP contribution in [0.15, 0.2) is 30.2 Å². The first kappa shape index (κ1) is 17.2.